The Hall–Kier alpha value is -3.67. The van der Waals surface area contributed by atoms with E-state index in [1.807, 2.05) is 44.3 Å². The number of aryl methyl sites for hydroxylation is 2. The minimum absolute atomic E-state index is 0.175. The average molecular weight is 511 g/mol. The molecule has 0 unspecified atom stereocenters. The molecule has 1 fully saturated rings. The summed E-state index contributed by atoms with van der Waals surface area (Å²) < 4.78 is 9.86. The number of hydrogen-bond donors (Lipinski definition) is 0. The van der Waals surface area contributed by atoms with E-state index in [9.17, 15) is 4.79 Å². The molecule has 1 aliphatic carbocycles. The third-order valence-corrected chi connectivity index (χ3v) is 7.80. The maximum absolute atomic E-state index is 13.8. The molecule has 4 aromatic rings. The van der Waals surface area contributed by atoms with Crippen molar-refractivity contribution in [2.45, 2.75) is 79.2 Å². The Morgan fingerprint density at radius 3 is 2.55 bits per heavy atom. The summed E-state index contributed by atoms with van der Waals surface area (Å²) >= 11 is 0. The summed E-state index contributed by atoms with van der Waals surface area (Å²) in [5, 5.41) is 5.34. The second-order valence-electron chi connectivity index (χ2n) is 10.7. The monoisotopic (exact) mass is 510 g/mol. The molecule has 6 nitrogen and oxygen atoms in total. The molecule has 38 heavy (non-hydrogen) atoms. The molecular weight excluding hydrogens is 472 g/mol. The van der Waals surface area contributed by atoms with Crippen molar-refractivity contribution in [3.8, 4) is 17.1 Å². The first-order chi connectivity index (χ1) is 18.3. The number of benzene rings is 2. The third kappa shape index (κ3) is 4.68. The lowest BCUT2D eigenvalue weighted by Crippen LogP contribution is -2.21. The fourth-order valence-corrected chi connectivity index (χ4v) is 5.85. The number of fused-ring (bicyclic) bond motifs is 1. The molecule has 5 rings (SSSR count). The minimum atomic E-state index is -0.175. The topological polar surface area (TPSA) is 61.4 Å². The van der Waals surface area contributed by atoms with Crippen LogP contribution in [0.5, 0.6) is 5.75 Å². The molecule has 0 bridgehead atoms. The highest BCUT2D eigenvalue weighted by atomic mass is 16.5. The summed E-state index contributed by atoms with van der Waals surface area (Å²) in [5.41, 5.74) is 6.92. The van der Waals surface area contributed by atoms with Gasteiger partial charge < -0.3 is 9.30 Å². The summed E-state index contributed by atoms with van der Waals surface area (Å²) in [7, 11) is 0. The summed E-state index contributed by atoms with van der Waals surface area (Å²) in [6.45, 7) is 13.2. The molecular formula is C32H38N4O2. The Kier molecular flexibility index (Phi) is 7.24. The van der Waals surface area contributed by atoms with Crippen molar-refractivity contribution >= 4 is 17.1 Å². The summed E-state index contributed by atoms with van der Waals surface area (Å²) in [6.07, 6.45) is 6.84. The lowest BCUT2D eigenvalue weighted by molar-refractivity contribution is 0.335. The van der Waals surface area contributed by atoms with Crippen LogP contribution >= 0.6 is 0 Å². The summed E-state index contributed by atoms with van der Waals surface area (Å²) in [6, 6.07) is 14.4. The van der Waals surface area contributed by atoms with E-state index in [2.05, 4.69) is 50.5 Å². The van der Waals surface area contributed by atoms with E-state index in [0.717, 1.165) is 28.0 Å². The zero-order chi connectivity index (χ0) is 27.0. The van der Waals surface area contributed by atoms with Gasteiger partial charge in [0.2, 0.25) is 0 Å². The van der Waals surface area contributed by atoms with E-state index in [4.69, 9.17) is 14.8 Å². The van der Waals surface area contributed by atoms with Crippen LogP contribution in [0.1, 0.15) is 86.5 Å². The second kappa shape index (κ2) is 10.6. The maximum atomic E-state index is 13.8. The van der Waals surface area contributed by atoms with Crippen molar-refractivity contribution in [2.75, 3.05) is 6.61 Å². The zero-order valence-corrected chi connectivity index (χ0v) is 23.4. The van der Waals surface area contributed by atoms with Crippen LogP contribution < -0.4 is 10.3 Å². The van der Waals surface area contributed by atoms with Gasteiger partial charge in [0.1, 0.15) is 5.75 Å². The molecule has 0 spiro atoms. The van der Waals surface area contributed by atoms with Gasteiger partial charge in [0, 0.05) is 28.6 Å². The molecule has 2 aromatic carbocycles. The van der Waals surface area contributed by atoms with Crippen LogP contribution in [0.3, 0.4) is 0 Å². The van der Waals surface area contributed by atoms with Crippen molar-refractivity contribution in [3.63, 3.8) is 0 Å². The van der Waals surface area contributed by atoms with E-state index in [1.165, 1.54) is 41.7 Å². The van der Waals surface area contributed by atoms with Gasteiger partial charge in [-0.3, -0.25) is 4.79 Å². The molecule has 6 heteroatoms. The normalized spacial score (nSPS) is 14.4. The maximum Gasteiger partial charge on any atom is 0.282 e. The number of rotatable bonds is 7. The standard InChI is InChI=1S/C32H38N4O2/c1-7-38-30-16-21(4)28(18-27(30)20(2)3)31-34-29-15-11-10-14-26(29)32(37)36(31)33-19-24-17-22(5)35(23(24)6)25-12-8-9-13-25/h10-11,14-20,25H,7-9,12-13H2,1-6H3. The first-order valence-corrected chi connectivity index (χ1v) is 13.8. The van der Waals surface area contributed by atoms with Gasteiger partial charge in [0.05, 0.1) is 23.7 Å². The minimum Gasteiger partial charge on any atom is -0.494 e. The van der Waals surface area contributed by atoms with Gasteiger partial charge in [-0.1, -0.05) is 38.8 Å². The van der Waals surface area contributed by atoms with Crippen molar-refractivity contribution in [1.82, 2.24) is 14.2 Å². The van der Waals surface area contributed by atoms with Crippen molar-refractivity contribution in [1.29, 1.82) is 0 Å². The first-order valence-electron chi connectivity index (χ1n) is 13.8. The summed E-state index contributed by atoms with van der Waals surface area (Å²) in [5.74, 6) is 1.67. The molecule has 0 radical (unpaired) electrons. The van der Waals surface area contributed by atoms with Crippen LogP contribution in [-0.4, -0.2) is 27.0 Å². The average Bonchev–Trinajstić information content (AvgIpc) is 3.51. The lowest BCUT2D eigenvalue weighted by Gasteiger charge is -2.18. The molecule has 0 atom stereocenters. The fourth-order valence-electron chi connectivity index (χ4n) is 5.85. The smallest absolute Gasteiger partial charge is 0.282 e. The van der Waals surface area contributed by atoms with E-state index in [1.54, 1.807) is 0 Å². The predicted molar refractivity (Wildman–Crippen MR) is 156 cm³/mol. The third-order valence-electron chi connectivity index (χ3n) is 7.80. The van der Waals surface area contributed by atoms with Crippen LogP contribution in [0.15, 0.2) is 52.4 Å². The van der Waals surface area contributed by atoms with Crippen molar-refractivity contribution < 1.29 is 4.74 Å². The zero-order valence-electron chi connectivity index (χ0n) is 23.4. The number of hydrogen-bond acceptors (Lipinski definition) is 4. The SMILES string of the molecule is CCOc1cc(C)c(-c2nc3ccccc3c(=O)n2N=Cc2cc(C)n(C3CCCC3)c2C)cc1C(C)C. The highest BCUT2D eigenvalue weighted by molar-refractivity contribution is 5.83. The Morgan fingerprint density at radius 1 is 1.11 bits per heavy atom. The van der Waals surface area contributed by atoms with Gasteiger partial charge in [-0.2, -0.15) is 9.78 Å². The Morgan fingerprint density at radius 2 is 1.84 bits per heavy atom. The van der Waals surface area contributed by atoms with E-state index in [-0.39, 0.29) is 11.5 Å². The number of ether oxygens (including phenoxy) is 1. The van der Waals surface area contributed by atoms with Crippen molar-refractivity contribution in [2.24, 2.45) is 5.10 Å². The van der Waals surface area contributed by atoms with Crippen LogP contribution in [0, 0.1) is 20.8 Å². The number of aromatic nitrogens is 3. The van der Waals surface area contributed by atoms with Gasteiger partial charge in [-0.05, 0) is 87.9 Å². The van der Waals surface area contributed by atoms with E-state index >= 15 is 0 Å². The van der Waals surface area contributed by atoms with Gasteiger partial charge >= 0.3 is 0 Å². The van der Waals surface area contributed by atoms with Gasteiger partial charge in [0.25, 0.3) is 5.56 Å². The summed E-state index contributed by atoms with van der Waals surface area (Å²) in [4.78, 5) is 18.8. The Labute approximate surface area is 225 Å². The van der Waals surface area contributed by atoms with Gasteiger partial charge in [-0.15, -0.1) is 0 Å². The van der Waals surface area contributed by atoms with Crippen LogP contribution in [0.25, 0.3) is 22.3 Å². The highest BCUT2D eigenvalue weighted by Gasteiger charge is 2.22. The van der Waals surface area contributed by atoms with E-state index in [0.29, 0.717) is 29.4 Å². The second-order valence-corrected chi connectivity index (χ2v) is 10.7. The molecule has 1 saturated carbocycles. The van der Waals surface area contributed by atoms with Crippen LogP contribution in [0.4, 0.5) is 0 Å². The number of nitrogens with zero attached hydrogens (tertiary/aromatic N) is 4. The Bertz CT molecular complexity index is 1570. The highest BCUT2D eigenvalue weighted by Crippen LogP contribution is 2.35. The fraction of sp³-hybridized carbons (Fsp3) is 0.406. The quantitative estimate of drug-likeness (QED) is 0.245. The van der Waals surface area contributed by atoms with Gasteiger partial charge in [0.15, 0.2) is 5.82 Å². The molecule has 198 valence electrons. The molecule has 2 aromatic heterocycles. The van der Waals surface area contributed by atoms with Crippen LogP contribution in [-0.2, 0) is 0 Å². The lowest BCUT2D eigenvalue weighted by atomic mass is 9.96. The van der Waals surface area contributed by atoms with E-state index < -0.39 is 0 Å². The molecule has 1 aliphatic rings. The Balaban J connectivity index is 1.69. The molecule has 0 aliphatic heterocycles. The molecule has 2 heterocycles. The molecule has 0 amide bonds. The van der Waals surface area contributed by atoms with Crippen LogP contribution in [0.2, 0.25) is 0 Å². The predicted octanol–water partition coefficient (Wildman–Crippen LogP) is 7.31. The molecule has 0 N–H and O–H groups in total. The largest absolute Gasteiger partial charge is 0.494 e. The van der Waals surface area contributed by atoms with Crippen molar-refractivity contribution in [3.05, 3.63) is 80.9 Å². The first kappa shape index (κ1) is 26.0. The molecule has 0 saturated heterocycles. The van der Waals surface area contributed by atoms with Gasteiger partial charge in [-0.25, -0.2) is 4.98 Å². The number of para-hydroxylation sites is 1.